The van der Waals surface area contributed by atoms with Gasteiger partial charge in [-0.2, -0.15) is 10.4 Å². The van der Waals surface area contributed by atoms with Crippen LogP contribution in [0.1, 0.15) is 12.0 Å². The van der Waals surface area contributed by atoms with E-state index in [1.54, 1.807) is 12.1 Å². The number of nitrogens with zero attached hydrogens (tertiary/aromatic N) is 3. The summed E-state index contributed by atoms with van der Waals surface area (Å²) in [7, 11) is 0. The van der Waals surface area contributed by atoms with Gasteiger partial charge in [-0.15, -0.1) is 0 Å². The van der Waals surface area contributed by atoms with E-state index in [-0.39, 0.29) is 23.2 Å². The predicted molar refractivity (Wildman–Crippen MR) is 105 cm³/mol. The maximum atomic E-state index is 14.1. The van der Waals surface area contributed by atoms with Crippen LogP contribution in [-0.4, -0.2) is 26.3 Å². The number of nitriles is 1. The van der Waals surface area contributed by atoms with Crippen LogP contribution in [0.3, 0.4) is 0 Å². The van der Waals surface area contributed by atoms with Gasteiger partial charge in [-0.3, -0.25) is 9.89 Å². The lowest BCUT2D eigenvalue weighted by Gasteiger charge is -2.13. The van der Waals surface area contributed by atoms with E-state index in [4.69, 9.17) is 15.7 Å². The third kappa shape index (κ3) is 2.61. The van der Waals surface area contributed by atoms with Crippen LogP contribution in [0.25, 0.3) is 33.1 Å². The summed E-state index contributed by atoms with van der Waals surface area (Å²) in [6, 6.07) is 6.76. The Hall–Kier alpha value is -3.93. The second-order valence-corrected chi connectivity index (χ2v) is 7.13. The molecule has 1 fully saturated rings. The van der Waals surface area contributed by atoms with Crippen molar-refractivity contribution in [3.05, 3.63) is 46.1 Å². The number of nitrogens with two attached hydrogens (primary N) is 1. The molecule has 8 nitrogen and oxygen atoms in total. The Morgan fingerprint density at radius 1 is 1.41 bits per heavy atom. The lowest BCUT2D eigenvalue weighted by molar-refractivity contribution is 0.281. The van der Waals surface area contributed by atoms with Crippen molar-refractivity contribution in [2.24, 2.45) is 5.92 Å². The molecule has 1 aromatic carbocycles. The molecule has 3 heterocycles. The molecule has 0 bridgehead atoms. The van der Waals surface area contributed by atoms with Crippen molar-refractivity contribution in [3.63, 3.8) is 0 Å². The average Bonchev–Trinajstić information content (AvgIpc) is 3.25. The number of fused-ring (bicyclic) bond motifs is 2. The SMILES string of the molecule is Cc1cc2[nH]c(=O)c(N)c(-c3ccc(F)c4[nH]ncc34)c2nc1OC1CC1C#N. The van der Waals surface area contributed by atoms with Gasteiger partial charge < -0.3 is 15.5 Å². The second kappa shape index (κ2) is 6.04. The number of H-pyrrole nitrogens is 2. The molecule has 9 heteroatoms. The fourth-order valence-corrected chi connectivity index (χ4v) is 3.51. The molecule has 4 N–H and O–H groups in total. The molecular weight excluding hydrogens is 375 g/mol. The Morgan fingerprint density at radius 3 is 3.00 bits per heavy atom. The summed E-state index contributed by atoms with van der Waals surface area (Å²) < 4.78 is 20.0. The predicted octanol–water partition coefficient (Wildman–Crippen LogP) is 2.79. The fourth-order valence-electron chi connectivity index (χ4n) is 3.51. The fraction of sp³-hybridized carbons (Fsp3) is 0.200. The number of aromatic nitrogens is 4. The van der Waals surface area contributed by atoms with Crippen molar-refractivity contribution in [1.82, 2.24) is 20.2 Å². The number of pyridine rings is 2. The van der Waals surface area contributed by atoms with Gasteiger partial charge in [-0.25, -0.2) is 9.37 Å². The van der Waals surface area contributed by atoms with Crippen LogP contribution in [0.2, 0.25) is 0 Å². The standard InChI is InChI=1S/C20H15FN6O2/c1-8-4-13-18(26-20(8)29-14-5-9(14)6-22)15(16(23)19(28)25-13)10-2-3-12(21)17-11(10)7-24-27-17/h2-4,7,9,14H,5,23H2,1H3,(H,24,27)(H,25,28). The van der Waals surface area contributed by atoms with Crippen LogP contribution in [0, 0.1) is 30.0 Å². The third-order valence-electron chi connectivity index (χ3n) is 5.16. The molecule has 5 rings (SSSR count). The van der Waals surface area contributed by atoms with E-state index in [9.17, 15) is 9.18 Å². The van der Waals surface area contributed by atoms with Crippen molar-refractivity contribution < 1.29 is 9.13 Å². The van der Waals surface area contributed by atoms with Crippen molar-refractivity contribution in [1.29, 1.82) is 5.26 Å². The molecule has 1 saturated carbocycles. The molecule has 0 amide bonds. The Labute approximate surface area is 163 Å². The summed E-state index contributed by atoms with van der Waals surface area (Å²) in [5.74, 6) is -0.230. The number of aromatic amines is 2. The zero-order valence-electron chi connectivity index (χ0n) is 15.3. The number of anilines is 1. The van der Waals surface area contributed by atoms with Crippen LogP contribution in [0.15, 0.2) is 29.2 Å². The summed E-state index contributed by atoms with van der Waals surface area (Å²) in [5, 5.41) is 16.0. The first-order valence-electron chi connectivity index (χ1n) is 8.99. The van der Waals surface area contributed by atoms with Crippen LogP contribution < -0.4 is 16.0 Å². The summed E-state index contributed by atoms with van der Waals surface area (Å²) in [6.07, 6.45) is 1.94. The van der Waals surface area contributed by atoms with Gasteiger partial charge in [-0.05, 0) is 24.6 Å². The largest absolute Gasteiger partial charge is 0.473 e. The zero-order valence-corrected chi connectivity index (χ0v) is 15.3. The highest BCUT2D eigenvalue weighted by atomic mass is 19.1. The highest BCUT2D eigenvalue weighted by molar-refractivity contribution is 6.06. The smallest absolute Gasteiger partial charge is 0.272 e. The lowest BCUT2D eigenvalue weighted by atomic mass is 9.99. The number of aryl methyl sites for hydroxylation is 1. The molecule has 4 aromatic rings. The quantitative estimate of drug-likeness (QED) is 0.492. The van der Waals surface area contributed by atoms with Gasteiger partial charge in [0.1, 0.15) is 28.6 Å². The number of halogens is 1. The van der Waals surface area contributed by atoms with E-state index in [1.165, 1.54) is 12.3 Å². The Bertz CT molecular complexity index is 1400. The summed E-state index contributed by atoms with van der Waals surface area (Å²) in [4.78, 5) is 19.8. The van der Waals surface area contributed by atoms with Crippen molar-refractivity contribution in [2.75, 3.05) is 5.73 Å². The van der Waals surface area contributed by atoms with Gasteiger partial charge in [0.25, 0.3) is 5.56 Å². The monoisotopic (exact) mass is 390 g/mol. The van der Waals surface area contributed by atoms with Gasteiger partial charge in [0.05, 0.1) is 23.7 Å². The molecule has 2 atom stereocenters. The maximum absolute atomic E-state index is 14.1. The molecule has 1 aliphatic rings. The Balaban J connectivity index is 1.78. The number of ether oxygens (including phenoxy) is 1. The number of hydrogen-bond acceptors (Lipinski definition) is 6. The topological polar surface area (TPSA) is 133 Å². The number of rotatable bonds is 3. The molecular formula is C20H15FN6O2. The van der Waals surface area contributed by atoms with Gasteiger partial charge in [0, 0.05) is 22.9 Å². The Kier molecular flexibility index (Phi) is 3.58. The normalized spacial score (nSPS) is 18.1. The molecule has 3 aromatic heterocycles. The number of nitrogen functional groups attached to an aromatic ring is 1. The third-order valence-corrected chi connectivity index (χ3v) is 5.16. The number of benzene rings is 1. The van der Waals surface area contributed by atoms with Crippen molar-refractivity contribution >= 4 is 27.6 Å². The first-order valence-corrected chi connectivity index (χ1v) is 8.99. The average molecular weight is 390 g/mol. The van der Waals surface area contributed by atoms with E-state index in [1.807, 2.05) is 6.92 Å². The van der Waals surface area contributed by atoms with Gasteiger partial charge in [0.2, 0.25) is 5.88 Å². The highest BCUT2D eigenvalue weighted by Gasteiger charge is 2.40. The minimum absolute atomic E-state index is 0.0322. The summed E-state index contributed by atoms with van der Waals surface area (Å²) >= 11 is 0. The van der Waals surface area contributed by atoms with Crippen molar-refractivity contribution in [2.45, 2.75) is 19.4 Å². The molecule has 0 aliphatic heterocycles. The van der Waals surface area contributed by atoms with E-state index >= 15 is 0 Å². The lowest BCUT2D eigenvalue weighted by Crippen LogP contribution is -2.15. The van der Waals surface area contributed by atoms with Crippen LogP contribution >= 0.6 is 0 Å². The van der Waals surface area contributed by atoms with Crippen LogP contribution in [0.5, 0.6) is 5.88 Å². The number of nitrogens with one attached hydrogen (secondary N) is 2. The summed E-state index contributed by atoms with van der Waals surface area (Å²) in [5.41, 5.74) is 8.40. The van der Waals surface area contributed by atoms with Crippen LogP contribution in [-0.2, 0) is 0 Å². The second-order valence-electron chi connectivity index (χ2n) is 7.13. The minimum Gasteiger partial charge on any atom is -0.473 e. The van der Waals surface area contributed by atoms with Gasteiger partial charge >= 0.3 is 0 Å². The maximum Gasteiger partial charge on any atom is 0.272 e. The van der Waals surface area contributed by atoms with E-state index in [0.717, 1.165) is 5.56 Å². The molecule has 2 unspecified atom stereocenters. The zero-order chi connectivity index (χ0) is 20.3. The Morgan fingerprint density at radius 2 is 2.24 bits per heavy atom. The van der Waals surface area contributed by atoms with Gasteiger partial charge in [0.15, 0.2) is 0 Å². The highest BCUT2D eigenvalue weighted by Crippen LogP contribution is 2.38. The molecule has 0 radical (unpaired) electrons. The molecule has 1 aliphatic carbocycles. The van der Waals surface area contributed by atoms with Crippen LogP contribution in [0.4, 0.5) is 10.1 Å². The van der Waals surface area contributed by atoms with Gasteiger partial charge in [-0.1, -0.05) is 6.07 Å². The molecule has 29 heavy (non-hydrogen) atoms. The van der Waals surface area contributed by atoms with E-state index < -0.39 is 11.4 Å². The molecule has 144 valence electrons. The number of hydrogen-bond donors (Lipinski definition) is 3. The molecule has 0 spiro atoms. The molecule has 0 saturated heterocycles. The summed E-state index contributed by atoms with van der Waals surface area (Å²) in [6.45, 7) is 1.81. The van der Waals surface area contributed by atoms with E-state index in [0.29, 0.717) is 39.8 Å². The van der Waals surface area contributed by atoms with E-state index in [2.05, 4.69) is 26.2 Å². The first kappa shape index (κ1) is 17.2. The minimum atomic E-state index is -0.463. The van der Waals surface area contributed by atoms with Crippen molar-refractivity contribution in [3.8, 4) is 23.1 Å². The first-order chi connectivity index (χ1) is 14.0.